The van der Waals surface area contributed by atoms with Crippen LogP contribution in [0.3, 0.4) is 0 Å². The van der Waals surface area contributed by atoms with Crippen molar-refractivity contribution in [3.63, 3.8) is 0 Å². The Kier molecular flexibility index (Phi) is 6.64. The van der Waals surface area contributed by atoms with Gasteiger partial charge in [0.1, 0.15) is 11.6 Å². The summed E-state index contributed by atoms with van der Waals surface area (Å²) in [6.45, 7) is 9.25. The molecule has 2 heterocycles. The summed E-state index contributed by atoms with van der Waals surface area (Å²) in [5.41, 5.74) is -2.62. The maximum atomic E-state index is 14.0. The van der Waals surface area contributed by atoms with E-state index in [2.05, 4.69) is 13.8 Å². The van der Waals surface area contributed by atoms with Crippen LogP contribution in [0.5, 0.6) is 0 Å². The first-order chi connectivity index (χ1) is 15.7. The molecule has 2 saturated carbocycles. The molecule has 0 spiro atoms. The summed E-state index contributed by atoms with van der Waals surface area (Å²) >= 11 is 0. The monoisotopic (exact) mass is 480 g/mol. The number of aliphatic hydroxyl groups excluding tert-OH is 2. The first-order valence-corrected chi connectivity index (χ1v) is 13.2. The second-order valence-electron chi connectivity index (χ2n) is 12.8. The number of ether oxygens (including phenoxy) is 1. The summed E-state index contributed by atoms with van der Waals surface area (Å²) < 4.78 is 6.04. The zero-order chi connectivity index (χ0) is 25.3. The SMILES string of the molecule is CC(CCC(O)C(C)(C)O)C1CCC(C2C(=O)C3(C)CCC4CC(=O)C2C3(O)O4)C1(C)CCO. The highest BCUT2D eigenvalue weighted by molar-refractivity contribution is 5.99. The van der Waals surface area contributed by atoms with E-state index in [1.54, 1.807) is 20.8 Å². The van der Waals surface area contributed by atoms with Crippen LogP contribution < -0.4 is 0 Å². The Morgan fingerprint density at radius 3 is 2.44 bits per heavy atom. The lowest BCUT2D eigenvalue weighted by Crippen LogP contribution is -2.61. The van der Waals surface area contributed by atoms with E-state index in [4.69, 9.17) is 4.74 Å². The standard InChI is InChI=1S/C27H44O7/c1-15(6-9-20(30)24(2,3)32)17-7-8-18(25(17,4)12-13-28)21-22-19(29)14-16-10-11-26(5,23(21)31)27(22,33)34-16/h15-18,20-22,28,30,32-33H,6-14H2,1-5H3. The van der Waals surface area contributed by atoms with Gasteiger partial charge < -0.3 is 25.2 Å². The van der Waals surface area contributed by atoms with Crippen LogP contribution in [0.25, 0.3) is 0 Å². The van der Waals surface area contributed by atoms with Crippen LogP contribution >= 0.6 is 0 Å². The van der Waals surface area contributed by atoms with Crippen molar-refractivity contribution in [2.24, 2.45) is 40.4 Å². The highest BCUT2D eigenvalue weighted by atomic mass is 16.6. The van der Waals surface area contributed by atoms with Crippen molar-refractivity contribution >= 4 is 11.6 Å². The molecule has 7 heteroatoms. The Balaban J connectivity index is 1.63. The number of Topliss-reactive ketones (excluding diaryl/α,β-unsaturated/α-hetero) is 2. The van der Waals surface area contributed by atoms with Crippen LogP contribution in [0.2, 0.25) is 0 Å². The second kappa shape index (κ2) is 8.62. The molecule has 194 valence electrons. The van der Waals surface area contributed by atoms with Gasteiger partial charge in [0, 0.05) is 18.9 Å². The summed E-state index contributed by atoms with van der Waals surface area (Å²) in [6, 6.07) is 0. The average Bonchev–Trinajstić information content (AvgIpc) is 3.16. The number of hydrogen-bond donors (Lipinski definition) is 4. The fraction of sp³-hybridized carbons (Fsp3) is 0.926. The quantitative estimate of drug-likeness (QED) is 0.421. The number of carbonyl (C=O) groups is 2. The fourth-order valence-corrected chi connectivity index (χ4v) is 8.28. The molecule has 0 amide bonds. The predicted molar refractivity (Wildman–Crippen MR) is 126 cm³/mol. The van der Waals surface area contributed by atoms with E-state index >= 15 is 0 Å². The normalized spacial score (nSPS) is 46.1. The van der Waals surface area contributed by atoms with E-state index in [0.717, 1.165) is 19.3 Å². The minimum absolute atomic E-state index is 0.0118. The molecule has 0 aromatic carbocycles. The van der Waals surface area contributed by atoms with E-state index in [-0.39, 0.29) is 53.9 Å². The van der Waals surface area contributed by atoms with Gasteiger partial charge in [-0.3, -0.25) is 9.59 Å². The lowest BCUT2D eigenvalue weighted by molar-refractivity contribution is -0.324. The molecular formula is C27H44O7. The van der Waals surface area contributed by atoms with Crippen molar-refractivity contribution in [3.8, 4) is 0 Å². The summed E-state index contributed by atoms with van der Waals surface area (Å²) in [5.74, 6) is -2.99. The van der Waals surface area contributed by atoms with Crippen LogP contribution in [-0.4, -0.2) is 62.2 Å². The minimum Gasteiger partial charge on any atom is -0.396 e. The van der Waals surface area contributed by atoms with Crippen molar-refractivity contribution < 1.29 is 34.8 Å². The first kappa shape index (κ1) is 26.2. The first-order valence-electron chi connectivity index (χ1n) is 13.2. The lowest BCUT2D eigenvalue weighted by Gasteiger charge is -2.50. The van der Waals surface area contributed by atoms with Gasteiger partial charge in [-0.2, -0.15) is 0 Å². The number of ketones is 2. The lowest BCUT2D eigenvalue weighted by atomic mass is 9.61. The maximum absolute atomic E-state index is 14.0. The highest BCUT2D eigenvalue weighted by Gasteiger charge is 2.75. The molecule has 0 radical (unpaired) electrons. The van der Waals surface area contributed by atoms with Gasteiger partial charge in [-0.1, -0.05) is 13.8 Å². The molecule has 2 aliphatic carbocycles. The molecule has 4 fully saturated rings. The fourth-order valence-electron chi connectivity index (χ4n) is 8.28. The third kappa shape index (κ3) is 3.73. The summed E-state index contributed by atoms with van der Waals surface area (Å²) in [6.07, 6.45) is 3.59. The van der Waals surface area contributed by atoms with Crippen LogP contribution in [0, 0.1) is 40.4 Å². The number of carbonyl (C=O) groups excluding carboxylic acids is 2. The van der Waals surface area contributed by atoms with Gasteiger partial charge in [-0.25, -0.2) is 0 Å². The summed E-state index contributed by atoms with van der Waals surface area (Å²) in [7, 11) is 0. The molecule has 2 aliphatic heterocycles. The van der Waals surface area contributed by atoms with E-state index < -0.39 is 34.7 Å². The van der Waals surface area contributed by atoms with Crippen LogP contribution in [0.4, 0.5) is 0 Å². The van der Waals surface area contributed by atoms with Gasteiger partial charge in [0.15, 0.2) is 5.79 Å². The molecule has 10 unspecified atom stereocenters. The van der Waals surface area contributed by atoms with Crippen molar-refractivity contribution in [2.75, 3.05) is 6.61 Å². The number of fused-ring (bicyclic) bond motifs is 1. The Morgan fingerprint density at radius 2 is 1.82 bits per heavy atom. The van der Waals surface area contributed by atoms with Crippen LogP contribution in [0.1, 0.15) is 86.0 Å². The predicted octanol–water partition coefficient (Wildman–Crippen LogP) is 2.61. The highest BCUT2D eigenvalue weighted by Crippen LogP contribution is 2.66. The second-order valence-corrected chi connectivity index (χ2v) is 12.8. The molecule has 4 N–H and O–H groups in total. The molecule has 4 rings (SSSR count). The minimum atomic E-state index is -1.73. The van der Waals surface area contributed by atoms with E-state index in [0.29, 0.717) is 25.7 Å². The number of hydrogen-bond acceptors (Lipinski definition) is 7. The van der Waals surface area contributed by atoms with Gasteiger partial charge in [-0.15, -0.1) is 0 Å². The molecule has 2 bridgehead atoms. The Labute approximate surface area is 203 Å². The van der Waals surface area contributed by atoms with Gasteiger partial charge in [0.2, 0.25) is 0 Å². The molecular weight excluding hydrogens is 436 g/mol. The molecule has 10 atom stereocenters. The molecule has 4 aliphatic rings. The van der Waals surface area contributed by atoms with Gasteiger partial charge >= 0.3 is 0 Å². The van der Waals surface area contributed by atoms with Crippen LogP contribution in [-0.2, 0) is 14.3 Å². The maximum Gasteiger partial charge on any atom is 0.188 e. The Bertz CT molecular complexity index is 820. The molecule has 0 aromatic heterocycles. The van der Waals surface area contributed by atoms with Gasteiger partial charge in [-0.05, 0) is 88.9 Å². The zero-order valence-corrected chi connectivity index (χ0v) is 21.4. The third-order valence-corrected chi connectivity index (χ3v) is 10.5. The molecule has 2 saturated heterocycles. The molecule has 34 heavy (non-hydrogen) atoms. The molecule has 7 nitrogen and oxygen atoms in total. The third-order valence-electron chi connectivity index (χ3n) is 10.5. The number of aliphatic hydroxyl groups is 4. The number of rotatable bonds is 8. The van der Waals surface area contributed by atoms with Crippen molar-refractivity contribution in [2.45, 2.75) is 110 Å². The van der Waals surface area contributed by atoms with Gasteiger partial charge in [0.05, 0.1) is 29.1 Å². The average molecular weight is 481 g/mol. The molecule has 0 aromatic rings. The van der Waals surface area contributed by atoms with Crippen molar-refractivity contribution in [1.29, 1.82) is 0 Å². The van der Waals surface area contributed by atoms with Crippen molar-refractivity contribution in [3.05, 3.63) is 0 Å². The summed E-state index contributed by atoms with van der Waals surface area (Å²) in [5, 5.41) is 42.1. The van der Waals surface area contributed by atoms with E-state index in [9.17, 15) is 30.0 Å². The zero-order valence-electron chi connectivity index (χ0n) is 21.4. The largest absolute Gasteiger partial charge is 0.396 e. The van der Waals surface area contributed by atoms with E-state index in [1.165, 1.54) is 0 Å². The smallest absolute Gasteiger partial charge is 0.188 e. The van der Waals surface area contributed by atoms with Gasteiger partial charge in [0.25, 0.3) is 0 Å². The Morgan fingerprint density at radius 1 is 1.15 bits per heavy atom. The Hall–Kier alpha value is -0.860. The summed E-state index contributed by atoms with van der Waals surface area (Å²) in [4.78, 5) is 27.3. The topological polar surface area (TPSA) is 124 Å². The van der Waals surface area contributed by atoms with E-state index in [1.807, 2.05) is 0 Å². The van der Waals surface area contributed by atoms with Crippen LogP contribution in [0.15, 0.2) is 0 Å². The van der Waals surface area contributed by atoms with Crippen molar-refractivity contribution in [1.82, 2.24) is 0 Å².